The van der Waals surface area contributed by atoms with Gasteiger partial charge in [0.15, 0.2) is 0 Å². The molecule has 0 N–H and O–H groups in total. The summed E-state index contributed by atoms with van der Waals surface area (Å²) in [6.45, 7) is 12.3. The van der Waals surface area contributed by atoms with Gasteiger partial charge in [-0.05, 0) is 58.4 Å². The predicted molar refractivity (Wildman–Crippen MR) is 148 cm³/mol. The van der Waals surface area contributed by atoms with Gasteiger partial charge >= 0.3 is 6.85 Å². The fourth-order valence-corrected chi connectivity index (χ4v) is 5.63. The molecule has 5 aromatic rings. The van der Waals surface area contributed by atoms with E-state index in [1.54, 1.807) is 11.3 Å². The molecule has 0 aliphatic heterocycles. The van der Waals surface area contributed by atoms with Gasteiger partial charge in [-0.15, -0.1) is 11.3 Å². The van der Waals surface area contributed by atoms with Gasteiger partial charge in [-0.3, -0.25) is 0 Å². The second kappa shape index (κ2) is 7.97. The summed E-state index contributed by atoms with van der Waals surface area (Å²) < 4.78 is 3.02. The predicted octanol–water partition coefficient (Wildman–Crippen LogP) is 7.63. The lowest BCUT2D eigenvalue weighted by molar-refractivity contribution is 0.590. The van der Waals surface area contributed by atoms with Crippen molar-refractivity contribution in [2.24, 2.45) is 0 Å². The molecule has 0 radical (unpaired) electrons. The highest BCUT2D eigenvalue weighted by molar-refractivity contribution is 7.21. The molecule has 0 atom stereocenters. The van der Waals surface area contributed by atoms with E-state index >= 15 is 0 Å². The topological polar surface area (TPSA) is 65.4 Å². The van der Waals surface area contributed by atoms with Crippen molar-refractivity contribution in [3.63, 3.8) is 0 Å². The van der Waals surface area contributed by atoms with Crippen LogP contribution in [0.3, 0.4) is 0 Å². The maximum atomic E-state index is 9.95. The normalized spacial score (nSPS) is 12.2. The van der Waals surface area contributed by atoms with Gasteiger partial charge < -0.3 is 4.48 Å². The molecule has 0 fully saturated rings. The summed E-state index contributed by atoms with van der Waals surface area (Å²) in [5.74, 6) is 4.44. The molecule has 2 aromatic heterocycles. The van der Waals surface area contributed by atoms with E-state index in [1.807, 2.05) is 22.7 Å². The summed E-state index contributed by atoms with van der Waals surface area (Å²) in [6.07, 6.45) is 0. The molecule has 0 aliphatic rings. The Bertz CT molecular complexity index is 1650. The Morgan fingerprint density at radius 3 is 2.11 bits per heavy atom. The summed E-state index contributed by atoms with van der Waals surface area (Å²) >= 11 is 1.65. The van der Waals surface area contributed by atoms with Crippen molar-refractivity contribution in [1.82, 2.24) is 9.46 Å². The molecular weight excluding hydrogens is 447 g/mol. The second-order valence-electron chi connectivity index (χ2n) is 11.2. The van der Waals surface area contributed by atoms with E-state index in [0.717, 1.165) is 42.6 Å². The quantitative estimate of drug-likeness (QED) is 0.247. The Morgan fingerprint density at radius 2 is 1.49 bits per heavy atom. The molecule has 0 amide bonds. The van der Waals surface area contributed by atoms with Crippen molar-refractivity contribution in [2.75, 3.05) is 0 Å². The maximum absolute atomic E-state index is 9.95. The zero-order valence-corrected chi connectivity index (χ0v) is 21.8. The molecule has 0 saturated carbocycles. The number of nitriles is 2. The SMILES string of the molecule is CC(C)(C)c1ccc2c(c1)c1cc(C(C)(C)C)cc(-c3nc4ccccc4s3)c1n2B(C#N)C#N. The van der Waals surface area contributed by atoms with Crippen LogP contribution in [0.25, 0.3) is 42.6 Å². The Labute approximate surface area is 210 Å². The van der Waals surface area contributed by atoms with Gasteiger partial charge in [-0.1, -0.05) is 59.7 Å². The molecular formula is C29H27BN4S. The third-order valence-corrected chi connectivity index (χ3v) is 7.73. The van der Waals surface area contributed by atoms with E-state index < -0.39 is 6.85 Å². The highest BCUT2D eigenvalue weighted by atomic mass is 32.1. The number of para-hydroxylation sites is 1. The first-order valence-electron chi connectivity index (χ1n) is 11.8. The third-order valence-electron chi connectivity index (χ3n) is 6.66. The number of fused-ring (bicyclic) bond motifs is 4. The lowest BCUT2D eigenvalue weighted by Crippen LogP contribution is -2.21. The zero-order valence-electron chi connectivity index (χ0n) is 21.0. The van der Waals surface area contributed by atoms with Crippen LogP contribution in [-0.2, 0) is 10.8 Å². The number of thiazole rings is 1. The highest BCUT2D eigenvalue weighted by Crippen LogP contribution is 2.42. The Morgan fingerprint density at radius 1 is 0.829 bits per heavy atom. The lowest BCUT2D eigenvalue weighted by atomic mass is 9.66. The number of aromatic nitrogens is 2. The summed E-state index contributed by atoms with van der Waals surface area (Å²) in [4.78, 5) is 4.97. The first kappa shape index (κ1) is 23.2. The van der Waals surface area contributed by atoms with Crippen molar-refractivity contribution in [3.8, 4) is 22.5 Å². The average molecular weight is 474 g/mol. The molecule has 5 rings (SSSR count). The van der Waals surface area contributed by atoms with E-state index in [4.69, 9.17) is 4.98 Å². The van der Waals surface area contributed by atoms with Gasteiger partial charge in [0.05, 0.1) is 22.2 Å². The molecule has 3 aromatic carbocycles. The molecule has 2 heterocycles. The van der Waals surface area contributed by atoms with Crippen molar-refractivity contribution >= 4 is 50.2 Å². The van der Waals surface area contributed by atoms with Gasteiger partial charge in [0.1, 0.15) is 5.01 Å². The van der Waals surface area contributed by atoms with Crippen LogP contribution in [0.1, 0.15) is 52.7 Å². The fourth-order valence-electron chi connectivity index (χ4n) is 4.64. The van der Waals surface area contributed by atoms with Crippen LogP contribution in [0, 0.1) is 22.5 Å². The summed E-state index contributed by atoms with van der Waals surface area (Å²) in [6, 6.07) is 19.0. The van der Waals surface area contributed by atoms with Gasteiger partial charge in [-0.2, -0.15) is 0 Å². The summed E-state index contributed by atoms with van der Waals surface area (Å²) in [5, 5.41) is 22.9. The van der Waals surface area contributed by atoms with Crippen LogP contribution in [0.5, 0.6) is 0 Å². The van der Waals surface area contributed by atoms with Crippen LogP contribution in [0.15, 0.2) is 54.6 Å². The molecule has 0 unspecified atom stereocenters. The van der Waals surface area contributed by atoms with Crippen LogP contribution in [0.4, 0.5) is 0 Å². The Balaban J connectivity index is 2.00. The first-order chi connectivity index (χ1) is 16.5. The third kappa shape index (κ3) is 3.79. The largest absolute Gasteiger partial charge is 0.496 e. The smallest absolute Gasteiger partial charge is 0.358 e. The minimum atomic E-state index is -0.941. The van der Waals surface area contributed by atoms with Gasteiger partial charge in [0.25, 0.3) is 0 Å². The van der Waals surface area contributed by atoms with Crippen molar-refractivity contribution in [3.05, 3.63) is 65.7 Å². The second-order valence-corrected chi connectivity index (χ2v) is 12.2. The molecule has 0 bridgehead atoms. The van der Waals surface area contributed by atoms with E-state index in [9.17, 15) is 10.5 Å². The van der Waals surface area contributed by atoms with Gasteiger partial charge in [-0.25, -0.2) is 15.5 Å². The van der Waals surface area contributed by atoms with Crippen LogP contribution < -0.4 is 0 Å². The number of hydrogen-bond acceptors (Lipinski definition) is 4. The van der Waals surface area contributed by atoms with E-state index in [2.05, 4.69) is 89.9 Å². The monoisotopic (exact) mass is 474 g/mol. The number of nitrogens with zero attached hydrogens (tertiary/aromatic N) is 4. The molecule has 6 heteroatoms. The molecule has 4 nitrogen and oxygen atoms in total. The van der Waals surface area contributed by atoms with E-state index in [-0.39, 0.29) is 10.8 Å². The molecule has 35 heavy (non-hydrogen) atoms. The lowest BCUT2D eigenvalue weighted by Gasteiger charge is -2.21. The zero-order chi connectivity index (χ0) is 25.1. The van der Waals surface area contributed by atoms with E-state index in [0.29, 0.717) is 0 Å². The van der Waals surface area contributed by atoms with Gasteiger partial charge in [0.2, 0.25) is 0 Å². The standard InChI is InChI=1S/C29H27BN4S/c1-28(2,3)18-11-12-24-20(13-18)21-14-19(29(4,5)6)15-22(26(21)34(24)30(16-31)17-32)27-33-23-9-7-8-10-25(23)35-27/h7-15H,1-6H3. The average Bonchev–Trinajstić information content (AvgIpc) is 3.38. The Kier molecular flexibility index (Phi) is 5.27. The minimum Gasteiger partial charge on any atom is -0.358 e. The number of benzene rings is 3. The van der Waals surface area contributed by atoms with Crippen molar-refractivity contribution < 1.29 is 0 Å². The van der Waals surface area contributed by atoms with Crippen molar-refractivity contribution in [1.29, 1.82) is 10.5 Å². The molecule has 0 saturated heterocycles. The molecule has 0 spiro atoms. The summed E-state index contributed by atoms with van der Waals surface area (Å²) in [5.41, 5.74) is 6.03. The van der Waals surface area contributed by atoms with Crippen LogP contribution in [-0.4, -0.2) is 16.3 Å². The first-order valence-corrected chi connectivity index (χ1v) is 12.6. The summed E-state index contributed by atoms with van der Waals surface area (Å²) in [7, 11) is 0. The van der Waals surface area contributed by atoms with Gasteiger partial charge in [0, 0.05) is 27.4 Å². The molecule has 0 aliphatic carbocycles. The fraction of sp³-hybridized carbons (Fsp3) is 0.276. The van der Waals surface area contributed by atoms with Crippen molar-refractivity contribution in [2.45, 2.75) is 52.4 Å². The maximum Gasteiger partial charge on any atom is 0.496 e. The Hall–Kier alpha value is -3.61. The van der Waals surface area contributed by atoms with Crippen LogP contribution >= 0.6 is 11.3 Å². The van der Waals surface area contributed by atoms with Crippen LogP contribution in [0.2, 0.25) is 0 Å². The van der Waals surface area contributed by atoms with E-state index in [1.165, 1.54) is 11.1 Å². The molecule has 172 valence electrons. The minimum absolute atomic E-state index is 0.0238. The number of rotatable bonds is 2. The highest BCUT2D eigenvalue weighted by Gasteiger charge is 2.29. The number of hydrogen-bond donors (Lipinski definition) is 0.